The van der Waals surface area contributed by atoms with Crippen molar-refractivity contribution in [3.63, 3.8) is 0 Å². The van der Waals surface area contributed by atoms with Crippen molar-refractivity contribution in [1.82, 2.24) is 20.3 Å². The van der Waals surface area contributed by atoms with Gasteiger partial charge in [0, 0.05) is 32.1 Å². The second-order valence-corrected chi connectivity index (χ2v) is 4.82. The first kappa shape index (κ1) is 14.7. The second kappa shape index (κ2) is 6.17. The highest BCUT2D eigenvalue weighted by Gasteiger charge is 2.08. The maximum absolute atomic E-state index is 11.9. The van der Waals surface area contributed by atoms with Crippen molar-refractivity contribution in [2.45, 2.75) is 13.5 Å². The van der Waals surface area contributed by atoms with Gasteiger partial charge in [-0.15, -0.1) is 0 Å². The van der Waals surface area contributed by atoms with Crippen LogP contribution in [-0.4, -0.2) is 35.0 Å². The summed E-state index contributed by atoms with van der Waals surface area (Å²) in [5.41, 5.74) is 1.72. The lowest BCUT2D eigenvalue weighted by Gasteiger charge is -2.12. The fourth-order valence-corrected chi connectivity index (χ4v) is 1.73. The van der Waals surface area contributed by atoms with E-state index in [-0.39, 0.29) is 11.5 Å². The Morgan fingerprint density at radius 3 is 2.71 bits per heavy atom. The monoisotopic (exact) mass is 287 g/mol. The maximum atomic E-state index is 11.9. The number of H-pyrrole nitrogens is 1. The summed E-state index contributed by atoms with van der Waals surface area (Å²) in [5.74, 6) is 0.331. The van der Waals surface area contributed by atoms with Crippen LogP contribution < -0.4 is 15.8 Å². The first-order valence-electron chi connectivity index (χ1n) is 6.44. The number of hydrogen-bond acceptors (Lipinski definition) is 5. The minimum absolute atomic E-state index is 0.242. The molecule has 0 aliphatic heterocycles. The number of pyridine rings is 1. The number of aromatic amines is 1. The third-order valence-corrected chi connectivity index (χ3v) is 2.77. The van der Waals surface area contributed by atoms with Crippen LogP contribution in [0.4, 0.5) is 5.95 Å². The van der Waals surface area contributed by atoms with Crippen molar-refractivity contribution in [1.29, 1.82) is 0 Å². The van der Waals surface area contributed by atoms with E-state index in [1.54, 1.807) is 4.90 Å². The van der Waals surface area contributed by atoms with Gasteiger partial charge in [0.25, 0.3) is 5.91 Å². The highest BCUT2D eigenvalue weighted by molar-refractivity contribution is 5.93. The molecule has 0 saturated carbocycles. The van der Waals surface area contributed by atoms with Gasteiger partial charge in [-0.1, -0.05) is 0 Å². The SMILES string of the molecule is Cc1cc(CNC(=O)c2ccc(=O)[nH]c2)nc(N(C)C)n1. The molecule has 2 aromatic rings. The van der Waals surface area contributed by atoms with Crippen molar-refractivity contribution in [3.8, 4) is 0 Å². The number of aromatic nitrogens is 3. The average Bonchev–Trinajstić information content (AvgIpc) is 2.45. The van der Waals surface area contributed by atoms with Gasteiger partial charge in [0.1, 0.15) is 0 Å². The van der Waals surface area contributed by atoms with Gasteiger partial charge >= 0.3 is 0 Å². The first-order valence-corrected chi connectivity index (χ1v) is 6.44. The predicted molar refractivity (Wildman–Crippen MR) is 79.3 cm³/mol. The summed E-state index contributed by atoms with van der Waals surface area (Å²) < 4.78 is 0. The molecule has 0 radical (unpaired) electrons. The van der Waals surface area contributed by atoms with E-state index < -0.39 is 0 Å². The van der Waals surface area contributed by atoms with Crippen molar-refractivity contribution in [2.75, 3.05) is 19.0 Å². The van der Waals surface area contributed by atoms with Crippen molar-refractivity contribution >= 4 is 11.9 Å². The molecule has 0 aromatic carbocycles. The number of carbonyl (C=O) groups excluding carboxylic acids is 1. The highest BCUT2D eigenvalue weighted by atomic mass is 16.1. The van der Waals surface area contributed by atoms with Gasteiger partial charge in [0.05, 0.1) is 17.8 Å². The Bertz CT molecular complexity index is 688. The van der Waals surface area contributed by atoms with Crippen LogP contribution in [0.5, 0.6) is 0 Å². The van der Waals surface area contributed by atoms with Gasteiger partial charge in [0.2, 0.25) is 11.5 Å². The number of aryl methyl sites for hydroxylation is 1. The number of anilines is 1. The van der Waals surface area contributed by atoms with Crippen molar-refractivity contribution < 1.29 is 4.79 Å². The average molecular weight is 287 g/mol. The Balaban J connectivity index is 2.07. The summed E-state index contributed by atoms with van der Waals surface area (Å²) in [6.45, 7) is 2.17. The molecule has 21 heavy (non-hydrogen) atoms. The Hall–Kier alpha value is -2.70. The van der Waals surface area contributed by atoms with Crippen molar-refractivity contribution in [2.24, 2.45) is 0 Å². The molecule has 0 aliphatic carbocycles. The third-order valence-electron chi connectivity index (χ3n) is 2.77. The predicted octanol–water partition coefficient (Wildman–Crippen LogP) is 0.469. The zero-order valence-corrected chi connectivity index (χ0v) is 12.2. The van der Waals surface area contributed by atoms with Crippen LogP contribution in [0.15, 0.2) is 29.2 Å². The van der Waals surface area contributed by atoms with Gasteiger partial charge in [-0.2, -0.15) is 0 Å². The van der Waals surface area contributed by atoms with Crippen molar-refractivity contribution in [3.05, 3.63) is 51.7 Å². The molecule has 1 amide bonds. The van der Waals surface area contributed by atoms with E-state index in [0.29, 0.717) is 18.1 Å². The highest BCUT2D eigenvalue weighted by Crippen LogP contribution is 2.07. The van der Waals surface area contributed by atoms with E-state index in [2.05, 4.69) is 20.3 Å². The number of amides is 1. The third kappa shape index (κ3) is 3.88. The molecule has 2 aromatic heterocycles. The number of hydrogen-bond donors (Lipinski definition) is 2. The summed E-state index contributed by atoms with van der Waals surface area (Å²) in [5, 5.41) is 2.76. The lowest BCUT2D eigenvalue weighted by molar-refractivity contribution is 0.0950. The Morgan fingerprint density at radius 2 is 2.10 bits per heavy atom. The van der Waals surface area contributed by atoms with Crippen LogP contribution in [0.3, 0.4) is 0 Å². The van der Waals surface area contributed by atoms with Crippen LogP contribution >= 0.6 is 0 Å². The second-order valence-electron chi connectivity index (χ2n) is 4.82. The van der Waals surface area contributed by atoms with E-state index in [0.717, 1.165) is 11.4 Å². The molecule has 7 nitrogen and oxygen atoms in total. The molecule has 2 heterocycles. The zero-order valence-electron chi connectivity index (χ0n) is 12.2. The van der Waals surface area contributed by atoms with Crippen LogP contribution in [0.1, 0.15) is 21.7 Å². The van der Waals surface area contributed by atoms with E-state index in [9.17, 15) is 9.59 Å². The molecule has 110 valence electrons. The molecule has 0 saturated heterocycles. The molecule has 0 aliphatic rings. The summed E-state index contributed by atoms with van der Waals surface area (Å²) >= 11 is 0. The number of carbonyl (C=O) groups is 1. The lowest BCUT2D eigenvalue weighted by atomic mass is 10.2. The fraction of sp³-hybridized carbons (Fsp3) is 0.286. The van der Waals surface area contributed by atoms with E-state index in [1.807, 2.05) is 27.1 Å². The Morgan fingerprint density at radius 1 is 1.33 bits per heavy atom. The number of nitrogens with one attached hydrogen (secondary N) is 2. The van der Waals surface area contributed by atoms with Gasteiger partial charge in [-0.3, -0.25) is 9.59 Å². The largest absolute Gasteiger partial charge is 0.347 e. The summed E-state index contributed by atoms with van der Waals surface area (Å²) in [7, 11) is 3.72. The molecule has 2 rings (SSSR count). The zero-order chi connectivity index (χ0) is 15.4. The number of nitrogens with zero attached hydrogens (tertiary/aromatic N) is 3. The molecule has 2 N–H and O–H groups in total. The minimum Gasteiger partial charge on any atom is -0.347 e. The summed E-state index contributed by atoms with van der Waals surface area (Å²) in [4.78, 5) is 35.8. The maximum Gasteiger partial charge on any atom is 0.253 e. The summed E-state index contributed by atoms with van der Waals surface area (Å²) in [6, 6.07) is 4.61. The van der Waals surface area contributed by atoms with Crippen LogP contribution in [0.2, 0.25) is 0 Å². The normalized spacial score (nSPS) is 10.2. The minimum atomic E-state index is -0.270. The molecular weight excluding hydrogens is 270 g/mol. The molecule has 0 spiro atoms. The molecule has 0 atom stereocenters. The molecule has 0 unspecified atom stereocenters. The molecule has 0 bridgehead atoms. The van der Waals surface area contributed by atoms with Crippen LogP contribution in [0.25, 0.3) is 0 Å². The van der Waals surface area contributed by atoms with Gasteiger partial charge in [0.15, 0.2) is 0 Å². The molecule has 0 fully saturated rings. The smallest absolute Gasteiger partial charge is 0.253 e. The quantitative estimate of drug-likeness (QED) is 0.853. The first-order chi connectivity index (χ1) is 9.95. The van der Waals surface area contributed by atoms with Gasteiger partial charge in [-0.05, 0) is 19.1 Å². The molecular formula is C14H17N5O2. The van der Waals surface area contributed by atoms with E-state index >= 15 is 0 Å². The van der Waals surface area contributed by atoms with E-state index in [4.69, 9.17) is 0 Å². The Labute approximate surface area is 122 Å². The molecule has 7 heteroatoms. The fourth-order valence-electron chi connectivity index (χ4n) is 1.73. The van der Waals surface area contributed by atoms with Gasteiger partial charge < -0.3 is 15.2 Å². The Kier molecular flexibility index (Phi) is 4.32. The number of rotatable bonds is 4. The topological polar surface area (TPSA) is 91.0 Å². The van der Waals surface area contributed by atoms with E-state index in [1.165, 1.54) is 18.3 Å². The standard InChI is InChI=1S/C14H17N5O2/c1-9-6-11(18-14(17-9)19(2)3)8-16-13(21)10-4-5-12(20)15-7-10/h4-7H,8H2,1-3H3,(H,15,20)(H,16,21). The van der Waals surface area contributed by atoms with Crippen LogP contribution in [-0.2, 0) is 6.54 Å². The lowest BCUT2D eigenvalue weighted by Crippen LogP contribution is -2.25. The van der Waals surface area contributed by atoms with Gasteiger partial charge in [-0.25, -0.2) is 9.97 Å². The van der Waals surface area contributed by atoms with Crippen LogP contribution in [0, 0.1) is 6.92 Å². The summed E-state index contributed by atoms with van der Waals surface area (Å²) in [6.07, 6.45) is 1.38.